The summed E-state index contributed by atoms with van der Waals surface area (Å²) in [6, 6.07) is 7.91. The molecule has 1 aromatic carbocycles. The Morgan fingerprint density at radius 3 is 2.74 bits per heavy atom. The largest absolute Gasteiger partial charge is 0.491 e. The van der Waals surface area contributed by atoms with E-state index in [2.05, 4.69) is 27.5 Å². The minimum atomic E-state index is -1.06. The summed E-state index contributed by atoms with van der Waals surface area (Å²) in [5.41, 5.74) is 1.75. The number of alkyl halides is 1. The number of halogens is 1. The van der Waals surface area contributed by atoms with Crippen LogP contribution in [0.3, 0.4) is 0 Å². The molecule has 2 aromatic rings. The molecular formula is C32H39FN4O5. The Hall–Kier alpha value is -3.97. The van der Waals surface area contributed by atoms with Crippen molar-refractivity contribution in [3.63, 3.8) is 0 Å². The number of carbonyl (C=O) groups is 3. The molecular weight excluding hydrogens is 539 g/mol. The summed E-state index contributed by atoms with van der Waals surface area (Å²) >= 11 is 0. The number of amides is 2. The number of ether oxygens (including phenoxy) is 1. The second-order valence-corrected chi connectivity index (χ2v) is 10.9. The number of rotatable bonds is 11. The smallest absolute Gasteiger partial charge is 0.305 e. The Kier molecular flexibility index (Phi) is 11.7. The van der Waals surface area contributed by atoms with Gasteiger partial charge in [-0.25, -0.2) is 4.39 Å². The van der Waals surface area contributed by atoms with Gasteiger partial charge in [0.1, 0.15) is 19.0 Å². The molecule has 3 heterocycles. The minimum absolute atomic E-state index is 0.0345. The first-order chi connectivity index (χ1) is 20.4. The number of nitrogens with zero attached hydrogens (tertiary/aromatic N) is 2. The van der Waals surface area contributed by atoms with Gasteiger partial charge in [-0.1, -0.05) is 17.9 Å². The zero-order valence-corrected chi connectivity index (χ0v) is 23.8. The maximum Gasteiger partial charge on any atom is 0.305 e. The van der Waals surface area contributed by atoms with Gasteiger partial charge in [0.25, 0.3) is 0 Å². The molecule has 0 radical (unpaired) electrons. The lowest BCUT2D eigenvalue weighted by atomic mass is 9.92. The first-order valence-corrected chi connectivity index (χ1v) is 14.7. The maximum atomic E-state index is 13.3. The van der Waals surface area contributed by atoms with Gasteiger partial charge in [0.2, 0.25) is 11.8 Å². The van der Waals surface area contributed by atoms with Gasteiger partial charge in [-0.05, 0) is 80.9 Å². The van der Waals surface area contributed by atoms with Crippen LogP contribution in [-0.2, 0) is 14.4 Å². The second kappa shape index (κ2) is 15.9. The highest BCUT2D eigenvalue weighted by Gasteiger charge is 2.30. The fourth-order valence-corrected chi connectivity index (χ4v) is 5.47. The third kappa shape index (κ3) is 9.55. The van der Waals surface area contributed by atoms with E-state index >= 15 is 0 Å². The molecule has 2 aliphatic heterocycles. The van der Waals surface area contributed by atoms with Crippen LogP contribution in [0.4, 0.5) is 4.39 Å². The molecule has 10 heteroatoms. The fraction of sp³-hybridized carbons (Fsp3) is 0.500. The third-order valence-electron chi connectivity index (χ3n) is 7.76. The first-order valence-electron chi connectivity index (χ1n) is 14.7. The molecule has 0 bridgehead atoms. The van der Waals surface area contributed by atoms with E-state index in [0.29, 0.717) is 54.3 Å². The number of carboxylic acid groups (broad SMARTS) is 1. The first kappa shape index (κ1) is 31.0. The summed E-state index contributed by atoms with van der Waals surface area (Å²) in [5.74, 6) is 5.47. The number of piperidine rings is 2. The van der Waals surface area contributed by atoms with Crippen molar-refractivity contribution in [2.24, 2.45) is 11.8 Å². The molecule has 2 amide bonds. The van der Waals surface area contributed by atoms with E-state index in [-0.39, 0.29) is 24.8 Å². The molecule has 2 fully saturated rings. The summed E-state index contributed by atoms with van der Waals surface area (Å²) in [7, 11) is 0. The van der Waals surface area contributed by atoms with Gasteiger partial charge in [0, 0.05) is 43.0 Å². The SMILES string of the molecule is O=C(O)CC(NC(=O)C1CCCN(C(=O)CCC2CCNCC2)C1)c1cncc(C#Cc2cccc(OCCF)c2)c1. The van der Waals surface area contributed by atoms with Crippen molar-refractivity contribution in [2.45, 2.75) is 51.0 Å². The topological polar surface area (TPSA) is 121 Å². The van der Waals surface area contributed by atoms with Crippen LogP contribution in [0, 0.1) is 23.7 Å². The molecule has 2 atom stereocenters. The van der Waals surface area contributed by atoms with Crippen molar-refractivity contribution in [3.8, 4) is 17.6 Å². The highest BCUT2D eigenvalue weighted by Crippen LogP contribution is 2.24. The number of hydrogen-bond donors (Lipinski definition) is 3. The Balaban J connectivity index is 1.38. The molecule has 0 spiro atoms. The van der Waals surface area contributed by atoms with Crippen molar-refractivity contribution in [1.29, 1.82) is 0 Å². The molecule has 224 valence electrons. The van der Waals surface area contributed by atoms with Gasteiger partial charge in [-0.2, -0.15) is 0 Å². The standard InChI is InChI=1S/C32H39FN4O5/c33-12-16-42-28-5-1-3-24(18-28)6-7-25-17-27(21-35-20-25)29(19-31(39)40)36-32(41)26-4-2-15-37(22-26)30(38)9-8-23-10-13-34-14-11-23/h1,3,5,17-18,20-21,23,26,29,34H,2,4,8-16,19,22H2,(H,36,41)(H,39,40). The Bertz CT molecular complexity index is 1290. The highest BCUT2D eigenvalue weighted by atomic mass is 19.1. The summed E-state index contributed by atoms with van der Waals surface area (Å²) in [6.45, 7) is 2.36. The van der Waals surface area contributed by atoms with Crippen LogP contribution in [0.2, 0.25) is 0 Å². The van der Waals surface area contributed by atoms with Gasteiger partial charge in [-0.15, -0.1) is 0 Å². The number of nitrogens with one attached hydrogen (secondary N) is 2. The van der Waals surface area contributed by atoms with Crippen LogP contribution in [0.15, 0.2) is 42.7 Å². The van der Waals surface area contributed by atoms with Crippen LogP contribution < -0.4 is 15.4 Å². The van der Waals surface area contributed by atoms with Crippen molar-refractivity contribution >= 4 is 17.8 Å². The number of carbonyl (C=O) groups excluding carboxylic acids is 2. The molecule has 2 saturated heterocycles. The summed E-state index contributed by atoms with van der Waals surface area (Å²) < 4.78 is 17.7. The molecule has 9 nitrogen and oxygen atoms in total. The highest BCUT2D eigenvalue weighted by molar-refractivity contribution is 5.82. The molecule has 2 unspecified atom stereocenters. The van der Waals surface area contributed by atoms with Gasteiger partial charge in [0.15, 0.2) is 0 Å². The number of likely N-dealkylation sites (tertiary alicyclic amines) is 1. The Morgan fingerprint density at radius 1 is 1.14 bits per heavy atom. The molecule has 0 aliphatic carbocycles. The number of carboxylic acids is 1. The molecule has 4 rings (SSSR count). The van der Waals surface area contributed by atoms with Crippen LogP contribution >= 0.6 is 0 Å². The lowest BCUT2D eigenvalue weighted by Crippen LogP contribution is -2.46. The van der Waals surface area contributed by atoms with Crippen molar-refractivity contribution < 1.29 is 28.6 Å². The molecule has 3 N–H and O–H groups in total. The van der Waals surface area contributed by atoms with Crippen LogP contribution in [0.25, 0.3) is 0 Å². The van der Waals surface area contributed by atoms with Crippen molar-refractivity contribution in [3.05, 3.63) is 59.4 Å². The van der Waals surface area contributed by atoms with Gasteiger partial charge < -0.3 is 25.4 Å². The van der Waals surface area contributed by atoms with Crippen LogP contribution in [0.5, 0.6) is 5.75 Å². The number of pyridine rings is 1. The monoisotopic (exact) mass is 578 g/mol. The molecule has 2 aliphatic rings. The summed E-state index contributed by atoms with van der Waals surface area (Å²) in [5, 5.41) is 15.8. The zero-order valence-electron chi connectivity index (χ0n) is 23.8. The zero-order chi connectivity index (χ0) is 29.7. The van der Waals surface area contributed by atoms with Gasteiger partial charge in [0.05, 0.1) is 18.4 Å². The Labute approximate surface area is 246 Å². The number of benzene rings is 1. The Morgan fingerprint density at radius 2 is 1.95 bits per heavy atom. The maximum absolute atomic E-state index is 13.3. The molecule has 42 heavy (non-hydrogen) atoms. The minimum Gasteiger partial charge on any atom is -0.491 e. The van der Waals surface area contributed by atoms with Crippen LogP contribution in [-0.4, -0.2) is 72.2 Å². The van der Waals surface area contributed by atoms with E-state index in [1.165, 1.54) is 6.20 Å². The number of aliphatic carboxylic acids is 1. The van der Waals surface area contributed by atoms with Crippen molar-refractivity contribution in [2.75, 3.05) is 39.5 Å². The fourth-order valence-electron chi connectivity index (χ4n) is 5.47. The third-order valence-corrected chi connectivity index (χ3v) is 7.76. The quantitative estimate of drug-likeness (QED) is 0.349. The second-order valence-electron chi connectivity index (χ2n) is 10.9. The van der Waals surface area contributed by atoms with Crippen LogP contribution in [0.1, 0.15) is 67.7 Å². The van der Waals surface area contributed by atoms with E-state index in [4.69, 9.17) is 4.74 Å². The average Bonchev–Trinajstić information content (AvgIpc) is 3.02. The van der Waals surface area contributed by atoms with E-state index < -0.39 is 24.6 Å². The number of aromatic nitrogens is 1. The average molecular weight is 579 g/mol. The van der Waals surface area contributed by atoms with Crippen molar-refractivity contribution in [1.82, 2.24) is 20.5 Å². The summed E-state index contributed by atoms with van der Waals surface area (Å²) in [4.78, 5) is 43.9. The number of hydrogen-bond acceptors (Lipinski definition) is 6. The predicted molar refractivity (Wildman–Crippen MR) is 155 cm³/mol. The predicted octanol–water partition coefficient (Wildman–Crippen LogP) is 3.48. The normalized spacial score (nSPS) is 17.9. The van der Waals surface area contributed by atoms with E-state index in [0.717, 1.165) is 38.8 Å². The summed E-state index contributed by atoms with van der Waals surface area (Å²) in [6.07, 6.45) is 7.70. The molecule has 0 saturated carbocycles. The molecule has 1 aromatic heterocycles. The lowest BCUT2D eigenvalue weighted by Gasteiger charge is -2.33. The van der Waals surface area contributed by atoms with E-state index in [1.807, 2.05) is 0 Å². The van der Waals surface area contributed by atoms with Gasteiger partial charge in [-0.3, -0.25) is 19.4 Å². The van der Waals surface area contributed by atoms with Gasteiger partial charge >= 0.3 is 5.97 Å². The lowest BCUT2D eigenvalue weighted by molar-refractivity contribution is -0.138. The van der Waals surface area contributed by atoms with E-state index in [9.17, 15) is 23.9 Å². The van der Waals surface area contributed by atoms with E-state index in [1.54, 1.807) is 41.4 Å².